The number of hydrogen-bond donors (Lipinski definition) is 0. The Kier molecular flexibility index (Phi) is 8.03. The molecule has 0 unspecified atom stereocenters. The Morgan fingerprint density at radius 2 is 0.944 bits per heavy atom. The van der Waals surface area contributed by atoms with Crippen LogP contribution in [0.5, 0.6) is 0 Å². The van der Waals surface area contributed by atoms with Gasteiger partial charge in [-0.05, 0) is 49.3 Å². The second kappa shape index (κ2) is 8.38. The summed E-state index contributed by atoms with van der Waals surface area (Å²) in [6, 6.07) is 0. The number of allylic oxidation sites excluding steroid dienone is 6. The van der Waals surface area contributed by atoms with E-state index in [4.69, 9.17) is 0 Å². The fourth-order valence-electron chi connectivity index (χ4n) is 1.72. The first-order valence-electron chi connectivity index (χ1n) is 5.82. The maximum Gasteiger partial charge on any atom is 0.0191 e. The van der Waals surface area contributed by atoms with Crippen LogP contribution in [0.25, 0.3) is 0 Å². The highest BCUT2D eigenvalue weighted by Crippen LogP contribution is 2.19. The van der Waals surface area contributed by atoms with Gasteiger partial charge in [0.05, 0.1) is 0 Å². The zero-order valence-electron chi connectivity index (χ0n) is 10.7. The van der Waals surface area contributed by atoms with Crippen LogP contribution in [0.4, 0.5) is 0 Å². The molecule has 0 saturated heterocycles. The summed E-state index contributed by atoms with van der Waals surface area (Å²) in [5.74, 6) is 0. The van der Waals surface area contributed by atoms with Gasteiger partial charge in [0, 0.05) is 37.9 Å². The molecule has 0 bridgehead atoms. The average molecular weight is 376 g/mol. The van der Waals surface area contributed by atoms with E-state index < -0.39 is 0 Å². The van der Waals surface area contributed by atoms with E-state index in [0.29, 0.717) is 0 Å². The molecule has 2 heterocycles. The van der Waals surface area contributed by atoms with Gasteiger partial charge in [-0.25, -0.2) is 0 Å². The molecule has 18 heavy (non-hydrogen) atoms. The van der Waals surface area contributed by atoms with Gasteiger partial charge in [0.25, 0.3) is 0 Å². The van der Waals surface area contributed by atoms with E-state index in [-0.39, 0.29) is 34.0 Å². The van der Waals surface area contributed by atoms with E-state index in [0.717, 1.165) is 13.1 Å². The molecule has 0 aromatic carbocycles. The number of hydrogen-bond acceptors (Lipinski definition) is 2. The lowest BCUT2D eigenvalue weighted by molar-refractivity contribution is 0.530. The zero-order valence-corrected chi connectivity index (χ0v) is 14.2. The van der Waals surface area contributed by atoms with Crippen molar-refractivity contribution in [3.63, 3.8) is 0 Å². The van der Waals surface area contributed by atoms with Gasteiger partial charge in [-0.1, -0.05) is 0 Å². The van der Waals surface area contributed by atoms with Gasteiger partial charge in [-0.15, -0.1) is 34.0 Å². The van der Waals surface area contributed by atoms with E-state index in [1.54, 1.807) is 0 Å². The average Bonchev–Trinajstić information content (AvgIpc) is 2.39. The van der Waals surface area contributed by atoms with Gasteiger partial charge >= 0.3 is 0 Å². The van der Waals surface area contributed by atoms with Gasteiger partial charge in [-0.3, -0.25) is 0 Å². The molecule has 0 spiro atoms. The smallest absolute Gasteiger partial charge is 0.0191 e. The molecule has 2 rings (SSSR count). The molecular weight excluding hydrogens is 356 g/mol. The fourth-order valence-corrected chi connectivity index (χ4v) is 1.72. The van der Waals surface area contributed by atoms with E-state index in [9.17, 15) is 0 Å². The molecule has 0 aliphatic carbocycles. The third-order valence-electron chi connectivity index (χ3n) is 2.85. The van der Waals surface area contributed by atoms with Gasteiger partial charge in [-0.2, -0.15) is 0 Å². The monoisotopic (exact) mass is 374 g/mol. The number of halogens is 2. The summed E-state index contributed by atoms with van der Waals surface area (Å²) in [4.78, 5) is 4.33. The van der Waals surface area contributed by atoms with Crippen molar-refractivity contribution in [1.29, 1.82) is 0 Å². The lowest BCUT2D eigenvalue weighted by atomic mass is 10.0. The molecule has 0 saturated carbocycles. The maximum absolute atomic E-state index is 2.17. The highest BCUT2D eigenvalue weighted by molar-refractivity contribution is 8.93. The van der Waals surface area contributed by atoms with Crippen molar-refractivity contribution < 1.29 is 0 Å². The number of nitrogens with zero attached hydrogens (tertiary/aromatic N) is 2. The van der Waals surface area contributed by atoms with Crippen LogP contribution in [0.1, 0.15) is 13.8 Å². The van der Waals surface area contributed by atoms with E-state index in [1.165, 1.54) is 11.1 Å². The first-order valence-corrected chi connectivity index (χ1v) is 5.82. The molecule has 0 amide bonds. The minimum absolute atomic E-state index is 0. The number of rotatable bonds is 2. The van der Waals surface area contributed by atoms with Crippen LogP contribution >= 0.6 is 34.0 Å². The Morgan fingerprint density at radius 1 is 0.667 bits per heavy atom. The Labute approximate surface area is 131 Å². The first-order chi connectivity index (χ1) is 7.83. The second-order valence-electron chi connectivity index (χ2n) is 3.83. The Bertz CT molecular complexity index is 336. The van der Waals surface area contributed by atoms with Crippen LogP contribution in [-0.4, -0.2) is 22.9 Å². The van der Waals surface area contributed by atoms with Crippen LogP contribution < -0.4 is 0 Å². The van der Waals surface area contributed by atoms with Crippen molar-refractivity contribution in [2.24, 2.45) is 0 Å². The fraction of sp³-hybridized carbons (Fsp3) is 0.286. The predicted octanol–water partition coefficient (Wildman–Crippen LogP) is 4.16. The summed E-state index contributed by atoms with van der Waals surface area (Å²) in [6.45, 7) is 6.33. The molecule has 100 valence electrons. The van der Waals surface area contributed by atoms with E-state index in [1.807, 2.05) is 0 Å². The maximum atomic E-state index is 2.17. The summed E-state index contributed by atoms with van der Waals surface area (Å²) in [5.41, 5.74) is 2.54. The van der Waals surface area contributed by atoms with Gasteiger partial charge < -0.3 is 9.80 Å². The predicted molar refractivity (Wildman–Crippen MR) is 89.0 cm³/mol. The summed E-state index contributed by atoms with van der Waals surface area (Å²) in [5, 5.41) is 0. The standard InChI is InChI=1S/C14H18N2.2BrH/c1-3-15-9-5-13(6-10-15)14-7-11-16(4-2)12-8-14;;/h5-12H,3-4H2,1-2H3;2*1H. The Morgan fingerprint density at radius 3 is 1.17 bits per heavy atom. The third kappa shape index (κ3) is 4.18. The lowest BCUT2D eigenvalue weighted by Crippen LogP contribution is -2.12. The van der Waals surface area contributed by atoms with Crippen LogP contribution in [0.15, 0.2) is 60.3 Å². The first kappa shape index (κ1) is 17.3. The van der Waals surface area contributed by atoms with Crippen molar-refractivity contribution in [2.75, 3.05) is 13.1 Å². The van der Waals surface area contributed by atoms with Gasteiger partial charge in [0.15, 0.2) is 0 Å². The summed E-state index contributed by atoms with van der Waals surface area (Å²) >= 11 is 0. The highest BCUT2D eigenvalue weighted by Gasteiger charge is 2.04. The quantitative estimate of drug-likeness (QED) is 0.714. The minimum Gasteiger partial charge on any atom is -0.354 e. The second-order valence-corrected chi connectivity index (χ2v) is 3.83. The van der Waals surface area contributed by atoms with Gasteiger partial charge in [0.1, 0.15) is 0 Å². The molecule has 0 aromatic heterocycles. The van der Waals surface area contributed by atoms with E-state index >= 15 is 0 Å². The summed E-state index contributed by atoms with van der Waals surface area (Å²) < 4.78 is 0. The van der Waals surface area contributed by atoms with Crippen LogP contribution in [0.3, 0.4) is 0 Å². The summed E-state index contributed by atoms with van der Waals surface area (Å²) in [7, 11) is 0. The SMILES string of the molecule is Br.Br.CCN1C=CC(=C2C=CN(CC)C=C2)C=C1. The molecular formula is C14H20Br2N2. The normalized spacial score (nSPS) is 16.8. The molecule has 0 atom stereocenters. The molecule has 0 fully saturated rings. The topological polar surface area (TPSA) is 6.48 Å². The lowest BCUT2D eigenvalue weighted by Gasteiger charge is -2.19. The summed E-state index contributed by atoms with van der Waals surface area (Å²) in [6.07, 6.45) is 17.1. The van der Waals surface area contributed by atoms with Crippen LogP contribution in [0, 0.1) is 0 Å². The minimum atomic E-state index is 0. The molecule has 2 aliphatic heterocycles. The molecule has 0 radical (unpaired) electrons. The van der Waals surface area contributed by atoms with Crippen LogP contribution in [0.2, 0.25) is 0 Å². The third-order valence-corrected chi connectivity index (χ3v) is 2.85. The molecule has 0 N–H and O–H groups in total. The van der Waals surface area contributed by atoms with Crippen molar-refractivity contribution in [1.82, 2.24) is 9.80 Å². The molecule has 2 aliphatic rings. The van der Waals surface area contributed by atoms with Crippen molar-refractivity contribution in [3.8, 4) is 0 Å². The highest BCUT2D eigenvalue weighted by atomic mass is 79.9. The zero-order chi connectivity index (χ0) is 11.4. The molecule has 2 nitrogen and oxygen atoms in total. The van der Waals surface area contributed by atoms with Crippen LogP contribution in [-0.2, 0) is 0 Å². The Balaban J connectivity index is 0.00000144. The van der Waals surface area contributed by atoms with Crippen molar-refractivity contribution >= 4 is 34.0 Å². The van der Waals surface area contributed by atoms with Crippen molar-refractivity contribution in [2.45, 2.75) is 13.8 Å². The molecule has 4 heteroatoms. The largest absolute Gasteiger partial charge is 0.354 e. The van der Waals surface area contributed by atoms with Gasteiger partial charge in [0.2, 0.25) is 0 Å². The van der Waals surface area contributed by atoms with E-state index in [2.05, 4.69) is 72.8 Å². The molecule has 0 aromatic rings. The Hall–Kier alpha value is -0.740. The van der Waals surface area contributed by atoms with Crippen molar-refractivity contribution in [3.05, 3.63) is 60.3 Å².